The molecule has 0 unspecified atom stereocenters. The monoisotopic (exact) mass is 319 g/mol. The van der Waals surface area contributed by atoms with Crippen molar-refractivity contribution in [2.24, 2.45) is 0 Å². The summed E-state index contributed by atoms with van der Waals surface area (Å²) in [5, 5.41) is 3.15. The van der Waals surface area contributed by atoms with E-state index in [4.69, 9.17) is 11.6 Å². The molecule has 0 spiro atoms. The molecular formula is C18H19ClFNO. The first-order valence-electron chi connectivity index (χ1n) is 7.31. The first-order valence-corrected chi connectivity index (χ1v) is 7.68. The number of aryl methyl sites for hydroxylation is 2. The standard InChI is InChI=1S/C18H19ClFNO/c1-13-4-2-5-14(10-13)6-3-9-21-18(22)11-15-7-8-16(19)12-17(15)20/h2,4-5,7-8,10,12H,3,6,9,11H2,1H3,(H,21,22). The van der Waals surface area contributed by atoms with Crippen LogP contribution in [-0.4, -0.2) is 12.5 Å². The first-order chi connectivity index (χ1) is 10.5. The smallest absolute Gasteiger partial charge is 0.224 e. The Labute approximate surface area is 135 Å². The Bertz CT molecular complexity index is 657. The fourth-order valence-electron chi connectivity index (χ4n) is 2.29. The van der Waals surface area contributed by atoms with Crippen LogP contribution < -0.4 is 5.32 Å². The van der Waals surface area contributed by atoms with Crippen molar-refractivity contribution in [3.63, 3.8) is 0 Å². The van der Waals surface area contributed by atoms with Gasteiger partial charge in [0.05, 0.1) is 6.42 Å². The SMILES string of the molecule is Cc1cccc(CCCNC(=O)Cc2ccc(Cl)cc2F)c1. The maximum Gasteiger partial charge on any atom is 0.224 e. The fourth-order valence-corrected chi connectivity index (χ4v) is 2.45. The molecule has 2 rings (SSSR count). The molecule has 22 heavy (non-hydrogen) atoms. The van der Waals surface area contributed by atoms with Crippen LogP contribution in [0.25, 0.3) is 0 Å². The third-order valence-electron chi connectivity index (χ3n) is 3.41. The Kier molecular flexibility index (Phi) is 5.96. The van der Waals surface area contributed by atoms with Crippen LogP contribution >= 0.6 is 11.6 Å². The second-order valence-corrected chi connectivity index (χ2v) is 5.79. The lowest BCUT2D eigenvalue weighted by Gasteiger charge is -2.07. The van der Waals surface area contributed by atoms with Gasteiger partial charge in [-0.2, -0.15) is 0 Å². The Morgan fingerprint density at radius 2 is 2.05 bits per heavy atom. The molecule has 2 nitrogen and oxygen atoms in total. The van der Waals surface area contributed by atoms with E-state index >= 15 is 0 Å². The van der Waals surface area contributed by atoms with Crippen molar-refractivity contribution in [3.05, 3.63) is 70.0 Å². The van der Waals surface area contributed by atoms with Gasteiger partial charge < -0.3 is 5.32 Å². The Balaban J connectivity index is 1.74. The zero-order chi connectivity index (χ0) is 15.9. The number of carbonyl (C=O) groups excluding carboxylic acids is 1. The van der Waals surface area contributed by atoms with Gasteiger partial charge in [-0.15, -0.1) is 0 Å². The van der Waals surface area contributed by atoms with E-state index in [-0.39, 0.29) is 12.3 Å². The lowest BCUT2D eigenvalue weighted by molar-refractivity contribution is -0.120. The van der Waals surface area contributed by atoms with Gasteiger partial charge in [-0.3, -0.25) is 4.79 Å². The quantitative estimate of drug-likeness (QED) is 0.799. The van der Waals surface area contributed by atoms with E-state index in [9.17, 15) is 9.18 Å². The van der Waals surface area contributed by atoms with E-state index < -0.39 is 5.82 Å². The molecule has 0 atom stereocenters. The molecule has 2 aromatic rings. The van der Waals surface area contributed by atoms with Crippen LogP contribution in [0.15, 0.2) is 42.5 Å². The second kappa shape index (κ2) is 7.95. The molecule has 0 aliphatic heterocycles. The molecule has 4 heteroatoms. The summed E-state index contributed by atoms with van der Waals surface area (Å²) < 4.78 is 13.6. The van der Waals surface area contributed by atoms with Crippen LogP contribution in [0.1, 0.15) is 23.1 Å². The molecule has 1 amide bonds. The number of rotatable bonds is 6. The van der Waals surface area contributed by atoms with Crippen molar-refractivity contribution in [2.45, 2.75) is 26.2 Å². The molecular weight excluding hydrogens is 301 g/mol. The molecule has 1 N–H and O–H groups in total. The molecule has 0 bridgehead atoms. The number of halogens is 2. The number of amides is 1. The van der Waals surface area contributed by atoms with E-state index in [1.165, 1.54) is 17.2 Å². The molecule has 0 fully saturated rings. The lowest BCUT2D eigenvalue weighted by Crippen LogP contribution is -2.26. The maximum absolute atomic E-state index is 13.6. The normalized spacial score (nSPS) is 10.5. The topological polar surface area (TPSA) is 29.1 Å². The van der Waals surface area contributed by atoms with Crippen molar-refractivity contribution in [2.75, 3.05) is 6.54 Å². The minimum atomic E-state index is -0.442. The number of nitrogens with one attached hydrogen (secondary N) is 1. The second-order valence-electron chi connectivity index (χ2n) is 5.36. The van der Waals surface area contributed by atoms with Crippen LogP contribution in [0.3, 0.4) is 0 Å². The highest BCUT2D eigenvalue weighted by atomic mass is 35.5. The van der Waals surface area contributed by atoms with Gasteiger partial charge in [0.15, 0.2) is 0 Å². The van der Waals surface area contributed by atoms with E-state index in [1.807, 2.05) is 6.07 Å². The molecule has 0 saturated heterocycles. The summed E-state index contributed by atoms with van der Waals surface area (Å²) in [6, 6.07) is 12.7. The summed E-state index contributed by atoms with van der Waals surface area (Å²) in [6.07, 6.45) is 1.81. The largest absolute Gasteiger partial charge is 0.356 e. The minimum absolute atomic E-state index is 0.0352. The highest BCUT2D eigenvalue weighted by molar-refractivity contribution is 6.30. The summed E-state index contributed by atoms with van der Waals surface area (Å²) in [5.41, 5.74) is 2.86. The first kappa shape index (κ1) is 16.5. The van der Waals surface area contributed by atoms with Crippen LogP contribution in [0.2, 0.25) is 5.02 Å². The highest BCUT2D eigenvalue weighted by Gasteiger charge is 2.08. The van der Waals surface area contributed by atoms with Crippen LogP contribution in [0.4, 0.5) is 4.39 Å². The van der Waals surface area contributed by atoms with Crippen molar-refractivity contribution >= 4 is 17.5 Å². The Morgan fingerprint density at radius 3 is 2.77 bits per heavy atom. The zero-order valence-electron chi connectivity index (χ0n) is 12.5. The maximum atomic E-state index is 13.6. The van der Waals surface area contributed by atoms with Crippen molar-refractivity contribution in [3.8, 4) is 0 Å². The van der Waals surface area contributed by atoms with Gasteiger partial charge in [-0.25, -0.2) is 4.39 Å². The van der Waals surface area contributed by atoms with Gasteiger partial charge in [0.1, 0.15) is 5.82 Å². The van der Waals surface area contributed by atoms with Crippen LogP contribution in [0.5, 0.6) is 0 Å². The average molecular weight is 320 g/mol. The third-order valence-corrected chi connectivity index (χ3v) is 3.65. The molecule has 0 saturated carbocycles. The predicted octanol–water partition coefficient (Wildman–Crippen LogP) is 4.08. The molecule has 0 heterocycles. The number of hydrogen-bond acceptors (Lipinski definition) is 1. The van der Waals surface area contributed by atoms with Gasteiger partial charge in [-0.1, -0.05) is 47.5 Å². The molecule has 2 aromatic carbocycles. The minimum Gasteiger partial charge on any atom is -0.356 e. The van der Waals surface area contributed by atoms with Crippen molar-refractivity contribution in [1.82, 2.24) is 5.32 Å². The molecule has 116 valence electrons. The van der Waals surface area contributed by atoms with Crippen LogP contribution in [-0.2, 0) is 17.6 Å². The predicted molar refractivity (Wildman–Crippen MR) is 87.6 cm³/mol. The van der Waals surface area contributed by atoms with Gasteiger partial charge in [-0.05, 0) is 43.0 Å². The summed E-state index contributed by atoms with van der Waals surface area (Å²) >= 11 is 5.68. The molecule has 0 radical (unpaired) electrons. The fraction of sp³-hybridized carbons (Fsp3) is 0.278. The van der Waals surface area contributed by atoms with Gasteiger partial charge in [0, 0.05) is 11.6 Å². The zero-order valence-corrected chi connectivity index (χ0v) is 13.3. The number of benzene rings is 2. The summed E-state index contributed by atoms with van der Waals surface area (Å²) in [6.45, 7) is 2.65. The Hall–Kier alpha value is -1.87. The van der Waals surface area contributed by atoms with E-state index in [2.05, 4.69) is 30.4 Å². The highest BCUT2D eigenvalue weighted by Crippen LogP contribution is 2.15. The van der Waals surface area contributed by atoms with Crippen LogP contribution in [0, 0.1) is 12.7 Å². The van der Waals surface area contributed by atoms with Crippen molar-refractivity contribution in [1.29, 1.82) is 0 Å². The average Bonchev–Trinajstić information content (AvgIpc) is 2.47. The van der Waals surface area contributed by atoms with E-state index in [0.29, 0.717) is 17.1 Å². The molecule has 0 aliphatic rings. The lowest BCUT2D eigenvalue weighted by atomic mass is 10.1. The van der Waals surface area contributed by atoms with E-state index in [0.717, 1.165) is 12.8 Å². The number of carbonyl (C=O) groups is 1. The van der Waals surface area contributed by atoms with Gasteiger partial charge in [0.2, 0.25) is 5.91 Å². The van der Waals surface area contributed by atoms with Crippen molar-refractivity contribution < 1.29 is 9.18 Å². The molecule has 0 aliphatic carbocycles. The van der Waals surface area contributed by atoms with E-state index in [1.54, 1.807) is 12.1 Å². The van der Waals surface area contributed by atoms with Gasteiger partial charge in [0.25, 0.3) is 0 Å². The van der Waals surface area contributed by atoms with Gasteiger partial charge >= 0.3 is 0 Å². The summed E-state index contributed by atoms with van der Waals surface area (Å²) in [4.78, 5) is 11.8. The Morgan fingerprint density at radius 1 is 1.23 bits per heavy atom. The third kappa shape index (κ3) is 5.15. The number of hydrogen-bond donors (Lipinski definition) is 1. The summed E-state index contributed by atoms with van der Waals surface area (Å²) in [7, 11) is 0. The summed E-state index contributed by atoms with van der Waals surface area (Å²) in [5.74, 6) is -0.618. The molecule has 0 aromatic heterocycles.